The molecule has 3 aliphatic rings. The number of carbonyl (C=O) groups excluding carboxylic acids is 1. The predicted molar refractivity (Wildman–Crippen MR) is 137 cm³/mol. The van der Waals surface area contributed by atoms with E-state index >= 15 is 0 Å². The normalized spacial score (nSPS) is 22.0. The summed E-state index contributed by atoms with van der Waals surface area (Å²) in [5.41, 5.74) is 1.32. The van der Waals surface area contributed by atoms with Gasteiger partial charge in [0, 0.05) is 63.5 Å². The van der Waals surface area contributed by atoms with Gasteiger partial charge in [-0.15, -0.1) is 0 Å². The van der Waals surface area contributed by atoms with Crippen LogP contribution in [0.15, 0.2) is 23.1 Å². The van der Waals surface area contributed by atoms with Gasteiger partial charge in [0.2, 0.25) is 10.0 Å². The van der Waals surface area contributed by atoms with Crippen molar-refractivity contribution in [2.45, 2.75) is 76.2 Å². The Hall–Kier alpha value is -1.64. The highest BCUT2D eigenvalue weighted by Gasteiger charge is 2.32. The Morgan fingerprint density at radius 1 is 0.765 bits per heavy atom. The van der Waals surface area contributed by atoms with Crippen molar-refractivity contribution in [1.82, 2.24) is 14.1 Å². The summed E-state index contributed by atoms with van der Waals surface area (Å²) in [5, 5.41) is 0. The molecule has 3 saturated heterocycles. The van der Waals surface area contributed by atoms with Gasteiger partial charge >= 0.3 is 0 Å². The van der Waals surface area contributed by atoms with Gasteiger partial charge in [0.15, 0.2) is 0 Å². The van der Waals surface area contributed by atoms with Crippen LogP contribution in [-0.4, -0.2) is 86.3 Å². The Bertz CT molecular complexity index is 961. The minimum absolute atomic E-state index is 0.0592. The number of amides is 1. The average Bonchev–Trinajstić information content (AvgIpc) is 3.11. The Balaban J connectivity index is 1.63. The van der Waals surface area contributed by atoms with Crippen molar-refractivity contribution >= 4 is 21.6 Å². The van der Waals surface area contributed by atoms with Gasteiger partial charge in [-0.05, 0) is 77.5 Å². The minimum Gasteiger partial charge on any atom is -0.370 e. The van der Waals surface area contributed by atoms with Crippen molar-refractivity contribution in [1.29, 1.82) is 0 Å². The highest BCUT2D eigenvalue weighted by atomic mass is 32.2. The number of rotatable bonds is 4. The van der Waals surface area contributed by atoms with E-state index in [1.807, 2.05) is 17.0 Å². The van der Waals surface area contributed by atoms with Gasteiger partial charge in [0.25, 0.3) is 5.91 Å². The van der Waals surface area contributed by atoms with Crippen LogP contribution in [0.2, 0.25) is 0 Å². The molecule has 0 aliphatic carbocycles. The van der Waals surface area contributed by atoms with E-state index < -0.39 is 10.0 Å². The number of benzene rings is 1. The molecule has 0 atom stereocenters. The molecule has 8 heteroatoms. The molecule has 3 aliphatic heterocycles. The zero-order valence-electron chi connectivity index (χ0n) is 21.3. The monoisotopic (exact) mass is 490 g/mol. The molecule has 7 nitrogen and oxygen atoms in total. The quantitative estimate of drug-likeness (QED) is 0.642. The average molecular weight is 491 g/mol. The predicted octanol–water partition coefficient (Wildman–Crippen LogP) is 3.80. The summed E-state index contributed by atoms with van der Waals surface area (Å²) in [6.45, 7) is 12.7. The second-order valence-corrected chi connectivity index (χ2v) is 12.9. The van der Waals surface area contributed by atoms with Crippen molar-refractivity contribution in [2.24, 2.45) is 0 Å². The molecule has 3 heterocycles. The highest BCUT2D eigenvalue weighted by molar-refractivity contribution is 7.89. The van der Waals surface area contributed by atoms with E-state index in [9.17, 15) is 13.2 Å². The number of hydrogen-bond acceptors (Lipinski definition) is 5. The molecule has 0 bridgehead atoms. The zero-order chi connectivity index (χ0) is 24.3. The molecule has 4 rings (SSSR count). The van der Waals surface area contributed by atoms with Gasteiger partial charge in [-0.25, -0.2) is 8.42 Å². The molecule has 0 unspecified atom stereocenters. The largest absolute Gasteiger partial charge is 0.370 e. The number of anilines is 1. The van der Waals surface area contributed by atoms with Crippen LogP contribution >= 0.6 is 0 Å². The zero-order valence-corrected chi connectivity index (χ0v) is 22.1. The number of carbonyl (C=O) groups is 1. The Labute approximate surface area is 206 Å². The summed E-state index contributed by atoms with van der Waals surface area (Å²) in [6, 6.07) is 5.39. The molecule has 0 saturated carbocycles. The maximum atomic E-state index is 13.8. The first-order valence-electron chi connectivity index (χ1n) is 13.1. The lowest BCUT2D eigenvalue weighted by Crippen LogP contribution is -2.44. The highest BCUT2D eigenvalue weighted by Crippen LogP contribution is 2.33. The van der Waals surface area contributed by atoms with Crippen molar-refractivity contribution in [3.05, 3.63) is 23.8 Å². The van der Waals surface area contributed by atoms with E-state index in [0.717, 1.165) is 70.4 Å². The third-order valence-corrected chi connectivity index (χ3v) is 9.50. The summed E-state index contributed by atoms with van der Waals surface area (Å²) in [7, 11) is -3.65. The maximum Gasteiger partial charge on any atom is 0.253 e. The third kappa shape index (κ3) is 5.60. The van der Waals surface area contributed by atoms with E-state index in [-0.39, 0.29) is 11.4 Å². The lowest BCUT2D eigenvalue weighted by molar-refractivity contribution is 0.0749. The van der Waals surface area contributed by atoms with Crippen molar-refractivity contribution in [3.8, 4) is 0 Å². The van der Waals surface area contributed by atoms with Gasteiger partial charge < -0.3 is 9.80 Å². The van der Waals surface area contributed by atoms with Crippen LogP contribution in [0.25, 0.3) is 0 Å². The standard InChI is InChI=1S/C26H42N4O3S/c1-26(2,3)29-16-10-15-28(19-20-29)25(31)22-11-12-23(27-13-6-4-7-14-27)24(21-22)34(32,33)30-17-8-5-9-18-30/h11-12,21H,4-10,13-20H2,1-3H3. The number of hydrogen-bond donors (Lipinski definition) is 0. The fourth-order valence-corrected chi connectivity index (χ4v) is 7.22. The van der Waals surface area contributed by atoms with Crippen LogP contribution in [0, 0.1) is 0 Å². The molecule has 0 N–H and O–H groups in total. The molecule has 190 valence electrons. The number of sulfonamides is 1. The SMILES string of the molecule is CC(C)(C)N1CCCN(C(=O)c2ccc(N3CCCCC3)c(S(=O)(=O)N3CCCCC3)c2)CC1. The molecular weight excluding hydrogens is 448 g/mol. The minimum atomic E-state index is -3.65. The molecule has 0 radical (unpaired) electrons. The lowest BCUT2D eigenvalue weighted by atomic mass is 10.1. The molecule has 1 aromatic rings. The van der Waals surface area contributed by atoms with Gasteiger partial charge in [-0.1, -0.05) is 6.42 Å². The van der Waals surface area contributed by atoms with E-state index in [1.54, 1.807) is 10.4 Å². The van der Waals surface area contributed by atoms with Crippen molar-refractivity contribution < 1.29 is 13.2 Å². The smallest absolute Gasteiger partial charge is 0.253 e. The van der Waals surface area contributed by atoms with Crippen LogP contribution in [0.1, 0.15) is 76.1 Å². The maximum absolute atomic E-state index is 13.8. The van der Waals surface area contributed by atoms with E-state index in [4.69, 9.17) is 0 Å². The molecular formula is C26H42N4O3S. The fourth-order valence-electron chi connectivity index (χ4n) is 5.47. The summed E-state index contributed by atoms with van der Waals surface area (Å²) < 4.78 is 29.2. The summed E-state index contributed by atoms with van der Waals surface area (Å²) in [5.74, 6) is -0.0592. The first-order chi connectivity index (χ1) is 16.2. The van der Waals surface area contributed by atoms with E-state index in [2.05, 4.69) is 30.6 Å². The van der Waals surface area contributed by atoms with Gasteiger partial charge in [0.05, 0.1) is 5.69 Å². The van der Waals surface area contributed by atoms with Gasteiger partial charge in [0.1, 0.15) is 4.90 Å². The first kappa shape index (κ1) is 25.5. The lowest BCUT2D eigenvalue weighted by Gasteiger charge is -2.34. The second kappa shape index (κ2) is 10.5. The van der Waals surface area contributed by atoms with Crippen molar-refractivity contribution in [3.63, 3.8) is 0 Å². The van der Waals surface area contributed by atoms with Crippen LogP contribution in [0.3, 0.4) is 0 Å². The Morgan fingerprint density at radius 3 is 2.06 bits per heavy atom. The Kier molecular flexibility index (Phi) is 7.89. The molecule has 34 heavy (non-hydrogen) atoms. The molecule has 0 aromatic heterocycles. The number of piperidine rings is 2. The van der Waals surface area contributed by atoms with Crippen LogP contribution < -0.4 is 4.90 Å². The van der Waals surface area contributed by atoms with Gasteiger partial charge in [-0.2, -0.15) is 4.31 Å². The summed E-state index contributed by atoms with van der Waals surface area (Å²) in [4.78, 5) is 20.4. The number of nitrogens with zero attached hydrogens (tertiary/aromatic N) is 4. The van der Waals surface area contributed by atoms with Gasteiger partial charge in [-0.3, -0.25) is 9.69 Å². The van der Waals surface area contributed by atoms with E-state index in [0.29, 0.717) is 36.6 Å². The van der Waals surface area contributed by atoms with Crippen LogP contribution in [0.4, 0.5) is 5.69 Å². The molecule has 3 fully saturated rings. The molecule has 1 amide bonds. The second-order valence-electron chi connectivity index (χ2n) is 11.0. The molecule has 1 aromatic carbocycles. The summed E-state index contributed by atoms with van der Waals surface area (Å²) >= 11 is 0. The Morgan fingerprint density at radius 2 is 1.41 bits per heavy atom. The first-order valence-corrected chi connectivity index (χ1v) is 14.6. The fraction of sp³-hybridized carbons (Fsp3) is 0.731. The topological polar surface area (TPSA) is 64.2 Å². The summed E-state index contributed by atoms with van der Waals surface area (Å²) in [6.07, 6.45) is 7.12. The van der Waals surface area contributed by atoms with Crippen LogP contribution in [0.5, 0.6) is 0 Å². The third-order valence-electron chi connectivity index (χ3n) is 7.57. The van der Waals surface area contributed by atoms with Crippen LogP contribution in [-0.2, 0) is 10.0 Å². The van der Waals surface area contributed by atoms with Crippen molar-refractivity contribution in [2.75, 3.05) is 57.3 Å². The molecule has 0 spiro atoms. The van der Waals surface area contributed by atoms with E-state index in [1.165, 1.54) is 6.42 Å².